The van der Waals surface area contributed by atoms with Gasteiger partial charge in [0.1, 0.15) is 0 Å². The van der Waals surface area contributed by atoms with Crippen LogP contribution in [-0.4, -0.2) is 56.4 Å². The molecular formula is C12H21N3O3. The zero-order valence-corrected chi connectivity index (χ0v) is 11.2. The molecule has 0 aliphatic heterocycles. The van der Waals surface area contributed by atoms with Gasteiger partial charge in [0.05, 0.1) is 12.3 Å². The number of aryl methyl sites for hydroxylation is 1. The van der Waals surface area contributed by atoms with Gasteiger partial charge in [0, 0.05) is 26.3 Å². The van der Waals surface area contributed by atoms with Crippen molar-refractivity contribution < 1.29 is 14.1 Å². The molecule has 18 heavy (non-hydrogen) atoms. The molecule has 0 radical (unpaired) electrons. The smallest absolute Gasteiger partial charge is 0.289 e. The summed E-state index contributed by atoms with van der Waals surface area (Å²) in [5.41, 5.74) is 0.708. The number of carbonyl (C=O) groups is 1. The first-order chi connectivity index (χ1) is 8.63. The van der Waals surface area contributed by atoms with Crippen molar-refractivity contribution in [3.8, 4) is 0 Å². The Morgan fingerprint density at radius 1 is 1.56 bits per heavy atom. The summed E-state index contributed by atoms with van der Waals surface area (Å²) in [6, 6.07) is 1.63. The van der Waals surface area contributed by atoms with Gasteiger partial charge in [0.2, 0.25) is 5.76 Å². The predicted molar refractivity (Wildman–Crippen MR) is 67.6 cm³/mol. The minimum atomic E-state index is -0.213. The van der Waals surface area contributed by atoms with Crippen LogP contribution in [0.5, 0.6) is 0 Å². The fraction of sp³-hybridized carbons (Fsp3) is 0.667. The summed E-state index contributed by atoms with van der Waals surface area (Å²) >= 11 is 0. The molecule has 0 spiro atoms. The Morgan fingerprint density at radius 2 is 2.33 bits per heavy atom. The molecule has 1 amide bonds. The quantitative estimate of drug-likeness (QED) is 0.692. The maximum atomic E-state index is 11.6. The second kappa shape index (κ2) is 7.84. The summed E-state index contributed by atoms with van der Waals surface area (Å²) in [5.74, 6) is 0.0513. The molecule has 1 rings (SSSR count). The Morgan fingerprint density at radius 3 is 2.94 bits per heavy atom. The SMILES string of the molecule is COCCN(C)CCCNC(=O)c1cc(C)no1. The molecule has 0 saturated carbocycles. The van der Waals surface area contributed by atoms with Gasteiger partial charge in [-0.1, -0.05) is 5.16 Å². The lowest BCUT2D eigenvalue weighted by molar-refractivity contribution is 0.0914. The fourth-order valence-corrected chi connectivity index (χ4v) is 1.47. The molecule has 102 valence electrons. The van der Waals surface area contributed by atoms with Crippen molar-refractivity contribution in [3.63, 3.8) is 0 Å². The lowest BCUT2D eigenvalue weighted by atomic mass is 10.3. The fourth-order valence-electron chi connectivity index (χ4n) is 1.47. The van der Waals surface area contributed by atoms with Gasteiger partial charge < -0.3 is 19.5 Å². The molecule has 1 aromatic rings. The minimum Gasteiger partial charge on any atom is -0.383 e. The molecule has 0 bridgehead atoms. The summed E-state index contributed by atoms with van der Waals surface area (Å²) in [5, 5.41) is 6.46. The van der Waals surface area contributed by atoms with Crippen molar-refractivity contribution in [3.05, 3.63) is 17.5 Å². The first kappa shape index (κ1) is 14.7. The second-order valence-electron chi connectivity index (χ2n) is 4.24. The van der Waals surface area contributed by atoms with Crippen LogP contribution in [0.25, 0.3) is 0 Å². The number of likely N-dealkylation sites (N-methyl/N-ethyl adjacent to an activating group) is 1. The standard InChI is InChI=1S/C12H21N3O3/c1-10-9-11(18-14-10)12(16)13-5-4-6-15(2)7-8-17-3/h9H,4-8H2,1-3H3,(H,13,16). The molecule has 1 N–H and O–H groups in total. The summed E-state index contributed by atoms with van der Waals surface area (Å²) in [7, 11) is 3.72. The van der Waals surface area contributed by atoms with E-state index < -0.39 is 0 Å². The average molecular weight is 255 g/mol. The van der Waals surface area contributed by atoms with E-state index in [1.807, 2.05) is 7.05 Å². The first-order valence-electron chi connectivity index (χ1n) is 6.02. The van der Waals surface area contributed by atoms with E-state index in [1.165, 1.54) is 0 Å². The monoisotopic (exact) mass is 255 g/mol. The van der Waals surface area contributed by atoms with Crippen molar-refractivity contribution in [1.29, 1.82) is 0 Å². The highest BCUT2D eigenvalue weighted by molar-refractivity contribution is 5.91. The Balaban J connectivity index is 2.12. The van der Waals surface area contributed by atoms with Gasteiger partial charge in [-0.3, -0.25) is 4.79 Å². The maximum Gasteiger partial charge on any atom is 0.289 e. The van der Waals surface area contributed by atoms with Gasteiger partial charge in [-0.25, -0.2) is 0 Å². The van der Waals surface area contributed by atoms with Crippen molar-refractivity contribution in [1.82, 2.24) is 15.4 Å². The summed E-state index contributed by atoms with van der Waals surface area (Å²) in [4.78, 5) is 13.8. The van der Waals surface area contributed by atoms with E-state index in [4.69, 9.17) is 9.26 Å². The Labute approximate surface area is 107 Å². The van der Waals surface area contributed by atoms with Crippen LogP contribution in [0.2, 0.25) is 0 Å². The maximum absolute atomic E-state index is 11.6. The third kappa shape index (κ3) is 5.29. The molecule has 0 aliphatic carbocycles. The topological polar surface area (TPSA) is 67.6 Å². The lowest BCUT2D eigenvalue weighted by Gasteiger charge is -2.15. The van der Waals surface area contributed by atoms with Crippen LogP contribution in [0, 0.1) is 6.92 Å². The zero-order valence-electron chi connectivity index (χ0n) is 11.2. The molecule has 6 nitrogen and oxygen atoms in total. The Bertz CT molecular complexity index is 365. The summed E-state index contributed by atoms with van der Waals surface area (Å²) in [6.45, 7) is 4.94. The van der Waals surface area contributed by atoms with Gasteiger partial charge >= 0.3 is 0 Å². The van der Waals surface area contributed by atoms with Gasteiger partial charge in [0.25, 0.3) is 5.91 Å². The zero-order chi connectivity index (χ0) is 13.4. The molecule has 6 heteroatoms. The summed E-state index contributed by atoms with van der Waals surface area (Å²) in [6.07, 6.45) is 0.888. The number of hydrogen-bond acceptors (Lipinski definition) is 5. The van der Waals surface area contributed by atoms with Crippen LogP contribution in [0.1, 0.15) is 22.7 Å². The van der Waals surface area contributed by atoms with Gasteiger partial charge in [0.15, 0.2) is 0 Å². The molecule has 0 saturated heterocycles. The largest absolute Gasteiger partial charge is 0.383 e. The highest BCUT2D eigenvalue weighted by Gasteiger charge is 2.10. The molecule has 1 heterocycles. The van der Waals surface area contributed by atoms with Crippen molar-refractivity contribution >= 4 is 5.91 Å². The van der Waals surface area contributed by atoms with Crippen LogP contribution in [0.15, 0.2) is 10.6 Å². The van der Waals surface area contributed by atoms with Crippen molar-refractivity contribution in [2.75, 3.05) is 40.4 Å². The van der Waals surface area contributed by atoms with Crippen LogP contribution in [0.3, 0.4) is 0 Å². The van der Waals surface area contributed by atoms with E-state index in [0.29, 0.717) is 12.2 Å². The van der Waals surface area contributed by atoms with E-state index in [-0.39, 0.29) is 11.7 Å². The van der Waals surface area contributed by atoms with Crippen molar-refractivity contribution in [2.45, 2.75) is 13.3 Å². The number of ether oxygens (including phenoxy) is 1. The van der Waals surface area contributed by atoms with Gasteiger partial charge in [-0.05, 0) is 26.9 Å². The van der Waals surface area contributed by atoms with Gasteiger partial charge in [-0.15, -0.1) is 0 Å². The molecular weight excluding hydrogens is 234 g/mol. The number of rotatable bonds is 8. The molecule has 0 atom stereocenters. The van der Waals surface area contributed by atoms with Crippen LogP contribution >= 0.6 is 0 Å². The second-order valence-corrected chi connectivity index (χ2v) is 4.24. The van der Waals surface area contributed by atoms with Crippen LogP contribution < -0.4 is 5.32 Å². The van der Waals surface area contributed by atoms with E-state index in [1.54, 1.807) is 20.1 Å². The van der Waals surface area contributed by atoms with Gasteiger partial charge in [-0.2, -0.15) is 0 Å². The number of nitrogens with one attached hydrogen (secondary N) is 1. The number of aromatic nitrogens is 1. The molecule has 1 aromatic heterocycles. The number of hydrogen-bond donors (Lipinski definition) is 1. The minimum absolute atomic E-state index is 0.213. The van der Waals surface area contributed by atoms with E-state index in [0.717, 1.165) is 26.1 Å². The van der Waals surface area contributed by atoms with E-state index >= 15 is 0 Å². The first-order valence-corrected chi connectivity index (χ1v) is 6.02. The number of amides is 1. The Hall–Kier alpha value is -1.40. The third-order valence-electron chi connectivity index (χ3n) is 2.53. The number of carbonyl (C=O) groups excluding carboxylic acids is 1. The summed E-state index contributed by atoms with van der Waals surface area (Å²) < 4.78 is 9.85. The molecule has 0 aromatic carbocycles. The normalized spacial score (nSPS) is 10.9. The van der Waals surface area contributed by atoms with Crippen molar-refractivity contribution in [2.24, 2.45) is 0 Å². The lowest BCUT2D eigenvalue weighted by Crippen LogP contribution is -2.29. The van der Waals surface area contributed by atoms with E-state index in [9.17, 15) is 4.79 Å². The number of nitrogens with zero attached hydrogens (tertiary/aromatic N) is 2. The number of methoxy groups -OCH3 is 1. The highest BCUT2D eigenvalue weighted by Crippen LogP contribution is 2.01. The predicted octanol–water partition coefficient (Wildman–Crippen LogP) is 0.681. The van der Waals surface area contributed by atoms with E-state index in [2.05, 4.69) is 15.4 Å². The molecule has 0 aliphatic rings. The molecule has 0 fully saturated rings. The molecule has 0 unspecified atom stereocenters. The Kier molecular flexibility index (Phi) is 6.38. The average Bonchev–Trinajstić information content (AvgIpc) is 2.78. The third-order valence-corrected chi connectivity index (χ3v) is 2.53. The highest BCUT2D eigenvalue weighted by atomic mass is 16.5. The van der Waals surface area contributed by atoms with Crippen LogP contribution in [0.4, 0.5) is 0 Å². The van der Waals surface area contributed by atoms with Crippen LogP contribution in [-0.2, 0) is 4.74 Å².